The lowest BCUT2D eigenvalue weighted by molar-refractivity contribution is -0.109. The zero-order valence-electron chi connectivity index (χ0n) is 13.5. The molecule has 0 rings (SSSR count). The fraction of sp³-hybridized carbons (Fsp3) is 1.00. The van der Waals surface area contributed by atoms with Crippen LogP contribution in [0.2, 0.25) is 0 Å². The summed E-state index contributed by atoms with van der Waals surface area (Å²) in [4.78, 5) is 11.1. The normalized spacial score (nSPS) is 13.7. The Hall–Kier alpha value is -0.0500. The number of hydrogen-bond acceptors (Lipinski definition) is 7. The van der Waals surface area contributed by atoms with Crippen LogP contribution in [0.25, 0.3) is 0 Å². The monoisotopic (exact) mass is 343 g/mol. The predicted molar refractivity (Wildman–Crippen MR) is 83.0 cm³/mol. The highest BCUT2D eigenvalue weighted by Gasteiger charge is 2.35. The van der Waals surface area contributed by atoms with Crippen molar-refractivity contribution in [2.24, 2.45) is 0 Å². The first kappa shape index (κ1) is 21.9. The standard InChI is InChI=1S/C13H30NO7P/c1-3-13(4-2,21-22(17)18)14(5-9-19-11-7-15)6-10-20-12-8-16/h15-16,22H,3-12H2,1-2H3,(H,17,18). The minimum atomic E-state index is -3.08. The summed E-state index contributed by atoms with van der Waals surface area (Å²) in [5.41, 5.74) is -0.851. The third-order valence-electron chi connectivity index (χ3n) is 3.44. The van der Waals surface area contributed by atoms with E-state index < -0.39 is 14.0 Å². The molecule has 0 aromatic carbocycles. The number of hydrogen-bond donors (Lipinski definition) is 3. The molecule has 0 saturated heterocycles. The van der Waals surface area contributed by atoms with Crippen molar-refractivity contribution in [3.63, 3.8) is 0 Å². The van der Waals surface area contributed by atoms with Crippen LogP contribution in [0.1, 0.15) is 26.7 Å². The summed E-state index contributed by atoms with van der Waals surface area (Å²) in [5.74, 6) is 0. The van der Waals surface area contributed by atoms with Gasteiger partial charge in [0.2, 0.25) is 0 Å². The van der Waals surface area contributed by atoms with Gasteiger partial charge in [-0.2, -0.15) is 0 Å². The van der Waals surface area contributed by atoms with E-state index in [-0.39, 0.29) is 26.4 Å². The molecule has 0 spiro atoms. The van der Waals surface area contributed by atoms with Crippen molar-refractivity contribution in [2.45, 2.75) is 32.4 Å². The maximum absolute atomic E-state index is 11.2. The first-order valence-electron chi connectivity index (χ1n) is 7.60. The largest absolute Gasteiger partial charge is 0.394 e. The van der Waals surface area contributed by atoms with Crippen LogP contribution in [-0.2, 0) is 18.6 Å². The van der Waals surface area contributed by atoms with Crippen molar-refractivity contribution in [3.8, 4) is 0 Å². The van der Waals surface area contributed by atoms with Gasteiger partial charge < -0.3 is 24.6 Å². The van der Waals surface area contributed by atoms with E-state index in [4.69, 9.17) is 24.2 Å². The second-order valence-electron chi connectivity index (χ2n) is 4.68. The lowest BCUT2D eigenvalue weighted by Gasteiger charge is -2.41. The molecule has 134 valence electrons. The van der Waals surface area contributed by atoms with Gasteiger partial charge in [0.1, 0.15) is 5.72 Å². The number of aliphatic hydroxyl groups is 2. The van der Waals surface area contributed by atoms with Crippen LogP contribution in [0, 0.1) is 0 Å². The Morgan fingerprint density at radius 3 is 1.73 bits per heavy atom. The van der Waals surface area contributed by atoms with E-state index >= 15 is 0 Å². The van der Waals surface area contributed by atoms with Gasteiger partial charge in [-0.15, -0.1) is 0 Å². The zero-order valence-corrected chi connectivity index (χ0v) is 14.5. The molecule has 0 radical (unpaired) electrons. The van der Waals surface area contributed by atoms with Crippen LogP contribution >= 0.6 is 8.25 Å². The summed E-state index contributed by atoms with van der Waals surface area (Å²) in [6.07, 6.45) is 1.08. The molecule has 0 amide bonds. The van der Waals surface area contributed by atoms with Crippen molar-refractivity contribution in [2.75, 3.05) is 52.7 Å². The van der Waals surface area contributed by atoms with E-state index in [2.05, 4.69) is 0 Å². The lowest BCUT2D eigenvalue weighted by Crippen LogP contribution is -2.51. The Morgan fingerprint density at radius 1 is 0.955 bits per heavy atom. The van der Waals surface area contributed by atoms with E-state index in [9.17, 15) is 9.46 Å². The Morgan fingerprint density at radius 2 is 1.41 bits per heavy atom. The highest BCUT2D eigenvalue weighted by Crippen LogP contribution is 2.34. The lowest BCUT2D eigenvalue weighted by atomic mass is 10.1. The van der Waals surface area contributed by atoms with E-state index in [1.807, 2.05) is 18.7 Å². The zero-order chi connectivity index (χ0) is 16.8. The van der Waals surface area contributed by atoms with E-state index in [0.717, 1.165) is 0 Å². The molecule has 9 heteroatoms. The van der Waals surface area contributed by atoms with Gasteiger partial charge in [-0.25, -0.2) is 0 Å². The molecule has 0 aliphatic carbocycles. The van der Waals surface area contributed by atoms with Crippen LogP contribution in [-0.4, -0.2) is 78.5 Å². The van der Waals surface area contributed by atoms with Gasteiger partial charge in [-0.1, -0.05) is 13.8 Å². The quantitative estimate of drug-likeness (QED) is 0.220. The first-order valence-corrected chi connectivity index (χ1v) is 8.86. The van der Waals surface area contributed by atoms with Crippen LogP contribution in [0.5, 0.6) is 0 Å². The molecule has 1 unspecified atom stereocenters. The maximum Gasteiger partial charge on any atom is 0.318 e. The third-order valence-corrected chi connectivity index (χ3v) is 4.00. The highest BCUT2D eigenvalue weighted by atomic mass is 31.1. The molecular formula is C13H30NO7P. The summed E-state index contributed by atoms with van der Waals surface area (Å²) in [6.45, 7) is 5.90. The smallest absolute Gasteiger partial charge is 0.318 e. The van der Waals surface area contributed by atoms with Crippen molar-refractivity contribution >= 4 is 8.25 Å². The van der Waals surface area contributed by atoms with Gasteiger partial charge in [0.25, 0.3) is 0 Å². The minimum absolute atomic E-state index is 0.0485. The second kappa shape index (κ2) is 13.4. The Bertz CT molecular complexity index is 278. The molecule has 0 aromatic heterocycles. The van der Waals surface area contributed by atoms with E-state index in [1.54, 1.807) is 0 Å². The van der Waals surface area contributed by atoms with Crippen LogP contribution in [0.3, 0.4) is 0 Å². The average molecular weight is 343 g/mol. The summed E-state index contributed by atoms with van der Waals surface area (Å²) in [6, 6.07) is 0. The molecule has 3 N–H and O–H groups in total. The summed E-state index contributed by atoms with van der Waals surface area (Å²) < 4.78 is 27.1. The Balaban J connectivity index is 4.75. The van der Waals surface area contributed by atoms with Crippen LogP contribution in [0.15, 0.2) is 0 Å². The number of ether oxygens (including phenoxy) is 2. The van der Waals surface area contributed by atoms with Crippen molar-refractivity contribution in [1.82, 2.24) is 4.90 Å². The molecule has 0 aromatic rings. The van der Waals surface area contributed by atoms with Gasteiger partial charge in [-0.3, -0.25) is 14.0 Å². The fourth-order valence-electron chi connectivity index (χ4n) is 2.27. The summed E-state index contributed by atoms with van der Waals surface area (Å²) in [5, 5.41) is 17.5. The SMILES string of the molecule is CCC(CC)(O[PH](=O)O)N(CCOCCO)CCOCCO. The average Bonchev–Trinajstić information content (AvgIpc) is 2.51. The number of aliphatic hydroxyl groups excluding tert-OH is 2. The molecule has 0 aliphatic rings. The summed E-state index contributed by atoms with van der Waals surface area (Å²) in [7, 11) is -3.08. The number of nitrogens with zero attached hydrogens (tertiary/aromatic N) is 1. The molecule has 22 heavy (non-hydrogen) atoms. The number of rotatable bonds is 15. The fourth-order valence-corrected chi connectivity index (χ4v) is 3.01. The second-order valence-corrected chi connectivity index (χ2v) is 5.42. The van der Waals surface area contributed by atoms with Crippen molar-refractivity contribution < 1.29 is 33.7 Å². The van der Waals surface area contributed by atoms with E-state index in [0.29, 0.717) is 39.1 Å². The van der Waals surface area contributed by atoms with Gasteiger partial charge in [0.05, 0.1) is 39.6 Å². The minimum Gasteiger partial charge on any atom is -0.394 e. The predicted octanol–water partition coefficient (Wildman–Crippen LogP) is 0.221. The van der Waals surface area contributed by atoms with Gasteiger partial charge >= 0.3 is 8.25 Å². The van der Waals surface area contributed by atoms with Crippen molar-refractivity contribution in [1.29, 1.82) is 0 Å². The van der Waals surface area contributed by atoms with Crippen LogP contribution < -0.4 is 0 Å². The molecule has 1 atom stereocenters. The van der Waals surface area contributed by atoms with E-state index in [1.165, 1.54) is 0 Å². The molecular weight excluding hydrogens is 313 g/mol. The topological polar surface area (TPSA) is 109 Å². The molecule has 0 bridgehead atoms. The Kier molecular flexibility index (Phi) is 13.4. The molecule has 0 saturated carbocycles. The maximum atomic E-state index is 11.2. The summed E-state index contributed by atoms with van der Waals surface area (Å²) >= 11 is 0. The Labute approximate surface area is 132 Å². The molecule has 0 fully saturated rings. The first-order chi connectivity index (χ1) is 10.6. The van der Waals surface area contributed by atoms with Crippen molar-refractivity contribution in [3.05, 3.63) is 0 Å². The van der Waals surface area contributed by atoms with Gasteiger partial charge in [0, 0.05) is 13.1 Å². The molecule has 0 heterocycles. The van der Waals surface area contributed by atoms with Gasteiger partial charge in [-0.05, 0) is 12.8 Å². The molecule has 8 nitrogen and oxygen atoms in total. The van der Waals surface area contributed by atoms with Gasteiger partial charge in [0.15, 0.2) is 0 Å². The molecule has 0 aliphatic heterocycles. The van der Waals surface area contributed by atoms with Crippen LogP contribution in [0.4, 0.5) is 0 Å². The highest BCUT2D eigenvalue weighted by molar-refractivity contribution is 7.32. The third kappa shape index (κ3) is 8.55.